The van der Waals surface area contributed by atoms with Gasteiger partial charge in [-0.25, -0.2) is 4.79 Å². The molecule has 3 unspecified atom stereocenters. The van der Waals surface area contributed by atoms with Crippen molar-refractivity contribution in [3.63, 3.8) is 0 Å². The Morgan fingerprint density at radius 3 is 2.32 bits per heavy atom. The SMILES string of the molecule is C=C1C(Cc2ccccc2)OC2=CC(C)=C(C(=O)OC)C(c3ccccc3)C12. The highest BCUT2D eigenvalue weighted by atomic mass is 16.5. The predicted octanol–water partition coefficient (Wildman–Crippen LogP) is 4.97. The lowest BCUT2D eigenvalue weighted by Gasteiger charge is -2.30. The summed E-state index contributed by atoms with van der Waals surface area (Å²) >= 11 is 0. The molecule has 0 bridgehead atoms. The van der Waals surface area contributed by atoms with E-state index in [1.807, 2.05) is 49.4 Å². The third kappa shape index (κ3) is 3.18. The highest BCUT2D eigenvalue weighted by molar-refractivity contribution is 5.92. The van der Waals surface area contributed by atoms with Crippen LogP contribution in [0, 0.1) is 5.92 Å². The average Bonchev–Trinajstić information content (AvgIpc) is 3.02. The van der Waals surface area contributed by atoms with Crippen LogP contribution in [0.1, 0.15) is 24.0 Å². The van der Waals surface area contributed by atoms with Crippen molar-refractivity contribution < 1.29 is 14.3 Å². The Labute approximate surface area is 166 Å². The minimum Gasteiger partial charge on any atom is -0.489 e. The van der Waals surface area contributed by atoms with Gasteiger partial charge in [-0.1, -0.05) is 67.2 Å². The molecule has 3 heteroatoms. The third-order valence-corrected chi connectivity index (χ3v) is 5.65. The van der Waals surface area contributed by atoms with Crippen LogP contribution in [0.4, 0.5) is 0 Å². The van der Waals surface area contributed by atoms with Crippen LogP contribution in [0.5, 0.6) is 0 Å². The molecule has 3 nitrogen and oxygen atoms in total. The van der Waals surface area contributed by atoms with Crippen molar-refractivity contribution in [1.29, 1.82) is 0 Å². The molecule has 28 heavy (non-hydrogen) atoms. The Morgan fingerprint density at radius 2 is 1.68 bits per heavy atom. The summed E-state index contributed by atoms with van der Waals surface area (Å²) in [4.78, 5) is 12.6. The van der Waals surface area contributed by atoms with Crippen molar-refractivity contribution in [2.45, 2.75) is 25.4 Å². The van der Waals surface area contributed by atoms with Gasteiger partial charge in [0.1, 0.15) is 11.9 Å². The quantitative estimate of drug-likeness (QED) is 0.561. The zero-order chi connectivity index (χ0) is 19.7. The average molecular weight is 372 g/mol. The van der Waals surface area contributed by atoms with Gasteiger partial charge in [-0.15, -0.1) is 0 Å². The summed E-state index contributed by atoms with van der Waals surface area (Å²) in [6, 6.07) is 20.4. The van der Waals surface area contributed by atoms with Crippen LogP contribution in [0.25, 0.3) is 0 Å². The van der Waals surface area contributed by atoms with Crippen LogP contribution in [-0.2, 0) is 20.7 Å². The standard InChI is InChI=1S/C25H24O3/c1-16-14-21-23(17(2)20(28-21)15-18-10-6-4-7-11-18)24(22(16)25(26)27-3)19-12-8-5-9-13-19/h4-14,20,23-24H,2,15H2,1,3H3. The van der Waals surface area contributed by atoms with E-state index in [1.165, 1.54) is 12.7 Å². The van der Waals surface area contributed by atoms with Gasteiger partial charge < -0.3 is 9.47 Å². The Hall–Kier alpha value is -3.07. The van der Waals surface area contributed by atoms with Gasteiger partial charge in [0.05, 0.1) is 13.0 Å². The predicted molar refractivity (Wildman–Crippen MR) is 110 cm³/mol. The fraction of sp³-hybridized carbons (Fsp3) is 0.240. The molecule has 142 valence electrons. The Morgan fingerprint density at radius 1 is 1.04 bits per heavy atom. The van der Waals surface area contributed by atoms with E-state index < -0.39 is 0 Å². The maximum Gasteiger partial charge on any atom is 0.334 e. The number of ether oxygens (including phenoxy) is 2. The normalized spacial score (nSPS) is 23.7. The van der Waals surface area contributed by atoms with E-state index >= 15 is 0 Å². The van der Waals surface area contributed by atoms with Gasteiger partial charge in [0.2, 0.25) is 0 Å². The van der Waals surface area contributed by atoms with Gasteiger partial charge in [-0.05, 0) is 35.3 Å². The van der Waals surface area contributed by atoms with Gasteiger partial charge >= 0.3 is 5.97 Å². The van der Waals surface area contributed by atoms with Crippen molar-refractivity contribution in [1.82, 2.24) is 0 Å². The first-order valence-electron chi connectivity index (χ1n) is 9.55. The zero-order valence-corrected chi connectivity index (χ0v) is 16.2. The molecular formula is C25H24O3. The number of hydrogen-bond donors (Lipinski definition) is 0. The molecule has 1 aliphatic carbocycles. The van der Waals surface area contributed by atoms with Crippen LogP contribution in [0.3, 0.4) is 0 Å². The summed E-state index contributed by atoms with van der Waals surface area (Å²) in [6.07, 6.45) is 2.64. The second-order valence-electron chi connectivity index (χ2n) is 7.37. The van der Waals surface area contributed by atoms with Crippen molar-refractivity contribution in [3.8, 4) is 0 Å². The molecule has 4 rings (SSSR count). The number of benzene rings is 2. The summed E-state index contributed by atoms with van der Waals surface area (Å²) < 4.78 is 11.5. The monoisotopic (exact) mass is 372 g/mol. The van der Waals surface area contributed by atoms with E-state index in [4.69, 9.17) is 9.47 Å². The minimum atomic E-state index is -0.291. The Balaban J connectivity index is 1.74. The van der Waals surface area contributed by atoms with E-state index in [2.05, 4.69) is 30.8 Å². The summed E-state index contributed by atoms with van der Waals surface area (Å²) in [7, 11) is 1.43. The molecule has 0 aromatic heterocycles. The van der Waals surface area contributed by atoms with E-state index in [9.17, 15) is 4.79 Å². The van der Waals surface area contributed by atoms with Crippen molar-refractivity contribution in [2.24, 2.45) is 5.92 Å². The maximum atomic E-state index is 12.6. The number of rotatable bonds is 4. The smallest absolute Gasteiger partial charge is 0.334 e. The van der Waals surface area contributed by atoms with E-state index in [1.54, 1.807) is 0 Å². The lowest BCUT2D eigenvalue weighted by Crippen LogP contribution is -2.26. The molecule has 1 heterocycles. The molecule has 2 aliphatic rings. The molecule has 0 N–H and O–H groups in total. The lowest BCUT2D eigenvalue weighted by molar-refractivity contribution is -0.136. The molecular weight excluding hydrogens is 348 g/mol. The van der Waals surface area contributed by atoms with E-state index in [0.29, 0.717) is 5.57 Å². The summed E-state index contributed by atoms with van der Waals surface area (Å²) in [5.74, 6) is 0.390. The molecule has 0 radical (unpaired) electrons. The van der Waals surface area contributed by atoms with Gasteiger partial charge in [0.25, 0.3) is 0 Å². The Bertz CT molecular complexity index is 954. The summed E-state index contributed by atoms with van der Waals surface area (Å²) in [5.41, 5.74) is 4.87. The number of allylic oxidation sites excluding steroid dienone is 3. The van der Waals surface area contributed by atoms with Gasteiger partial charge in [-0.3, -0.25) is 0 Å². The first kappa shape index (κ1) is 18.3. The fourth-order valence-corrected chi connectivity index (χ4v) is 4.32. The number of carbonyl (C=O) groups excluding carboxylic acids is 1. The highest BCUT2D eigenvalue weighted by Crippen LogP contribution is 2.51. The molecule has 3 atom stereocenters. The van der Waals surface area contributed by atoms with Crippen molar-refractivity contribution in [3.05, 3.63) is 107 Å². The molecule has 2 aromatic carbocycles. The minimum absolute atomic E-state index is 0.0612. The number of hydrogen-bond acceptors (Lipinski definition) is 3. The number of carbonyl (C=O) groups is 1. The van der Waals surface area contributed by atoms with Crippen LogP contribution in [0.2, 0.25) is 0 Å². The first-order chi connectivity index (χ1) is 13.6. The summed E-state index contributed by atoms with van der Waals surface area (Å²) in [6.45, 7) is 6.34. The number of esters is 1. The molecule has 0 spiro atoms. The maximum absolute atomic E-state index is 12.6. The molecule has 0 amide bonds. The van der Waals surface area contributed by atoms with Crippen molar-refractivity contribution in [2.75, 3.05) is 7.11 Å². The number of methoxy groups -OCH3 is 1. The van der Waals surface area contributed by atoms with Crippen LogP contribution < -0.4 is 0 Å². The highest BCUT2D eigenvalue weighted by Gasteiger charge is 2.46. The van der Waals surface area contributed by atoms with E-state index in [-0.39, 0.29) is 23.9 Å². The van der Waals surface area contributed by atoms with Gasteiger partial charge in [0.15, 0.2) is 0 Å². The fourth-order valence-electron chi connectivity index (χ4n) is 4.32. The molecule has 1 aliphatic heterocycles. The first-order valence-corrected chi connectivity index (χ1v) is 9.55. The van der Waals surface area contributed by atoms with E-state index in [0.717, 1.165) is 28.9 Å². The lowest BCUT2D eigenvalue weighted by atomic mass is 9.71. The number of fused-ring (bicyclic) bond motifs is 1. The second-order valence-corrected chi connectivity index (χ2v) is 7.37. The molecule has 2 aromatic rings. The van der Waals surface area contributed by atoms with Gasteiger partial charge in [0, 0.05) is 17.9 Å². The molecule has 1 saturated heterocycles. The van der Waals surface area contributed by atoms with Crippen molar-refractivity contribution >= 4 is 5.97 Å². The topological polar surface area (TPSA) is 35.5 Å². The third-order valence-electron chi connectivity index (χ3n) is 5.65. The van der Waals surface area contributed by atoms with Crippen LogP contribution in [-0.4, -0.2) is 19.2 Å². The zero-order valence-electron chi connectivity index (χ0n) is 16.2. The van der Waals surface area contributed by atoms with Crippen LogP contribution >= 0.6 is 0 Å². The molecule has 0 saturated carbocycles. The second kappa shape index (κ2) is 7.51. The van der Waals surface area contributed by atoms with Crippen LogP contribution in [0.15, 0.2) is 95.8 Å². The largest absolute Gasteiger partial charge is 0.489 e. The Kier molecular flexibility index (Phi) is 4.91. The van der Waals surface area contributed by atoms with Gasteiger partial charge in [-0.2, -0.15) is 0 Å². The summed E-state index contributed by atoms with van der Waals surface area (Å²) in [5, 5.41) is 0. The molecule has 1 fully saturated rings.